The number of carbonyl (C=O) groups is 1. The molecule has 1 aromatic carbocycles. The van der Waals surface area contributed by atoms with Crippen molar-refractivity contribution in [1.29, 1.82) is 0 Å². The van der Waals surface area contributed by atoms with Crippen molar-refractivity contribution >= 4 is 5.91 Å². The van der Waals surface area contributed by atoms with E-state index in [2.05, 4.69) is 4.84 Å². The second-order valence-corrected chi connectivity index (χ2v) is 3.35. The summed E-state index contributed by atoms with van der Waals surface area (Å²) in [4.78, 5) is 15.8. The fourth-order valence-corrected chi connectivity index (χ4v) is 0.973. The van der Waals surface area contributed by atoms with Crippen LogP contribution in [0.3, 0.4) is 0 Å². The van der Waals surface area contributed by atoms with E-state index in [9.17, 15) is 18.0 Å². The van der Waals surface area contributed by atoms with Gasteiger partial charge in [-0.15, -0.1) is 0 Å². The molecular weight excluding hydrogens is 239 g/mol. The van der Waals surface area contributed by atoms with Crippen molar-refractivity contribution in [2.45, 2.75) is 13.0 Å². The largest absolute Gasteiger partial charge is 0.391 e. The maximum absolute atomic E-state index is 12.8. The average molecular weight is 249 g/mol. The van der Waals surface area contributed by atoms with E-state index in [0.717, 1.165) is 0 Å². The van der Waals surface area contributed by atoms with Crippen LogP contribution in [0.1, 0.15) is 17.3 Å². The third-order valence-electron chi connectivity index (χ3n) is 1.74. The minimum absolute atomic E-state index is 0.183. The summed E-state index contributed by atoms with van der Waals surface area (Å²) in [6.45, 7) is 1.24. The number of carbonyl (C=O) groups excluding carboxylic acids is 1. The van der Waals surface area contributed by atoms with Gasteiger partial charge in [0.1, 0.15) is 6.61 Å². The molecule has 1 aromatic rings. The number of hydroxylamine groups is 1. The molecule has 1 unspecified atom stereocenters. The molecule has 1 rings (SSSR count). The van der Waals surface area contributed by atoms with Gasteiger partial charge in [-0.1, -0.05) is 0 Å². The van der Waals surface area contributed by atoms with Crippen LogP contribution in [-0.2, 0) is 4.84 Å². The van der Waals surface area contributed by atoms with E-state index in [1.165, 1.54) is 6.92 Å². The molecule has 0 aliphatic carbocycles. The van der Waals surface area contributed by atoms with E-state index in [4.69, 9.17) is 5.11 Å². The summed E-state index contributed by atoms with van der Waals surface area (Å²) in [5.74, 6) is -5.52. The monoisotopic (exact) mass is 249 g/mol. The number of nitrogens with one attached hydrogen (secondary N) is 1. The van der Waals surface area contributed by atoms with Crippen molar-refractivity contribution < 1.29 is 27.9 Å². The number of aliphatic hydroxyl groups excluding tert-OH is 1. The molecule has 0 aromatic heterocycles. The SMILES string of the molecule is CC(O)CONC(=O)c1cc(F)c(F)c(F)c1. The molecule has 0 bridgehead atoms. The first-order valence-electron chi connectivity index (χ1n) is 4.66. The smallest absolute Gasteiger partial charge is 0.275 e. The Bertz CT molecular complexity index is 400. The molecule has 0 saturated heterocycles. The Morgan fingerprint density at radius 1 is 1.41 bits per heavy atom. The number of hydrogen-bond donors (Lipinski definition) is 2. The molecule has 2 N–H and O–H groups in total. The normalized spacial score (nSPS) is 12.3. The summed E-state index contributed by atoms with van der Waals surface area (Å²) < 4.78 is 38.1. The van der Waals surface area contributed by atoms with Crippen LogP contribution in [-0.4, -0.2) is 23.7 Å². The lowest BCUT2D eigenvalue weighted by atomic mass is 10.2. The standard InChI is InChI=1S/C10H10F3NO3/c1-5(15)4-17-14-10(16)6-2-7(11)9(13)8(12)3-6/h2-3,5,15H,4H2,1H3,(H,14,16). The van der Waals surface area contributed by atoms with Crippen molar-refractivity contribution in [1.82, 2.24) is 5.48 Å². The topological polar surface area (TPSA) is 58.6 Å². The molecule has 0 saturated carbocycles. The average Bonchev–Trinajstić information content (AvgIpc) is 2.24. The minimum atomic E-state index is -1.65. The van der Waals surface area contributed by atoms with Crippen molar-refractivity contribution in [3.8, 4) is 0 Å². The zero-order valence-corrected chi connectivity index (χ0v) is 8.84. The van der Waals surface area contributed by atoms with Gasteiger partial charge < -0.3 is 5.11 Å². The van der Waals surface area contributed by atoms with E-state index in [1.807, 2.05) is 5.48 Å². The molecule has 1 amide bonds. The number of halogens is 3. The fourth-order valence-electron chi connectivity index (χ4n) is 0.973. The van der Waals surface area contributed by atoms with Gasteiger partial charge in [0.15, 0.2) is 17.5 Å². The van der Waals surface area contributed by atoms with E-state index < -0.39 is 35.0 Å². The lowest BCUT2D eigenvalue weighted by molar-refractivity contribution is -0.00691. The molecule has 0 fully saturated rings. The zero-order chi connectivity index (χ0) is 13.0. The predicted octanol–water partition coefficient (Wildman–Crippen LogP) is 1.15. The Labute approximate surface area is 95.0 Å². The molecule has 0 spiro atoms. The first kappa shape index (κ1) is 13.5. The molecular formula is C10H10F3NO3. The van der Waals surface area contributed by atoms with Gasteiger partial charge >= 0.3 is 0 Å². The highest BCUT2D eigenvalue weighted by atomic mass is 19.2. The Morgan fingerprint density at radius 3 is 2.41 bits per heavy atom. The second kappa shape index (κ2) is 5.65. The molecule has 17 heavy (non-hydrogen) atoms. The summed E-state index contributed by atoms with van der Waals surface area (Å²) in [7, 11) is 0. The summed E-state index contributed by atoms with van der Waals surface area (Å²) in [6, 6.07) is 1.08. The molecule has 94 valence electrons. The van der Waals surface area contributed by atoms with Crippen LogP contribution < -0.4 is 5.48 Å². The van der Waals surface area contributed by atoms with E-state index in [-0.39, 0.29) is 6.61 Å². The second-order valence-electron chi connectivity index (χ2n) is 3.35. The zero-order valence-electron chi connectivity index (χ0n) is 8.84. The number of amides is 1. The van der Waals surface area contributed by atoms with Crippen LogP contribution in [0.25, 0.3) is 0 Å². The van der Waals surface area contributed by atoms with Crippen molar-refractivity contribution in [3.05, 3.63) is 35.1 Å². The summed E-state index contributed by atoms with van der Waals surface area (Å²) in [6.07, 6.45) is -0.808. The molecule has 7 heteroatoms. The van der Waals surface area contributed by atoms with Crippen molar-refractivity contribution in [2.24, 2.45) is 0 Å². The van der Waals surface area contributed by atoms with Gasteiger partial charge in [0.05, 0.1) is 6.10 Å². The van der Waals surface area contributed by atoms with Crippen LogP contribution in [0.4, 0.5) is 13.2 Å². The van der Waals surface area contributed by atoms with Gasteiger partial charge in [0, 0.05) is 5.56 Å². The van der Waals surface area contributed by atoms with Gasteiger partial charge in [-0.3, -0.25) is 9.63 Å². The van der Waals surface area contributed by atoms with Crippen molar-refractivity contribution in [2.75, 3.05) is 6.61 Å². The number of hydrogen-bond acceptors (Lipinski definition) is 3. The highest BCUT2D eigenvalue weighted by Gasteiger charge is 2.15. The van der Waals surface area contributed by atoms with Crippen LogP contribution in [0.5, 0.6) is 0 Å². The van der Waals surface area contributed by atoms with Gasteiger partial charge in [-0.05, 0) is 19.1 Å². The summed E-state index contributed by atoms with van der Waals surface area (Å²) >= 11 is 0. The fraction of sp³-hybridized carbons (Fsp3) is 0.300. The van der Waals surface area contributed by atoms with Gasteiger partial charge in [0.2, 0.25) is 0 Å². The van der Waals surface area contributed by atoms with E-state index in [1.54, 1.807) is 0 Å². The van der Waals surface area contributed by atoms with Crippen LogP contribution in [0.2, 0.25) is 0 Å². The highest BCUT2D eigenvalue weighted by Crippen LogP contribution is 2.13. The van der Waals surface area contributed by atoms with Gasteiger partial charge in [0.25, 0.3) is 5.91 Å². The maximum atomic E-state index is 12.8. The molecule has 1 atom stereocenters. The predicted molar refractivity (Wildman–Crippen MR) is 51.4 cm³/mol. The molecule has 0 aliphatic heterocycles. The minimum Gasteiger partial charge on any atom is -0.391 e. The highest BCUT2D eigenvalue weighted by molar-refractivity contribution is 5.93. The lowest BCUT2D eigenvalue weighted by Crippen LogP contribution is -2.27. The first-order valence-corrected chi connectivity index (χ1v) is 4.66. The molecule has 4 nitrogen and oxygen atoms in total. The maximum Gasteiger partial charge on any atom is 0.275 e. The van der Waals surface area contributed by atoms with Gasteiger partial charge in [-0.25, -0.2) is 18.7 Å². The summed E-state index contributed by atoms with van der Waals surface area (Å²) in [5.41, 5.74) is 1.43. The van der Waals surface area contributed by atoms with Crippen LogP contribution in [0.15, 0.2) is 12.1 Å². The Hall–Kier alpha value is -1.60. The lowest BCUT2D eigenvalue weighted by Gasteiger charge is -2.07. The third kappa shape index (κ3) is 3.72. The Kier molecular flexibility index (Phi) is 4.47. The Balaban J connectivity index is 2.70. The number of rotatable bonds is 4. The number of benzene rings is 1. The molecule has 0 aliphatic rings. The van der Waals surface area contributed by atoms with E-state index in [0.29, 0.717) is 12.1 Å². The number of aliphatic hydroxyl groups is 1. The van der Waals surface area contributed by atoms with E-state index >= 15 is 0 Å². The Morgan fingerprint density at radius 2 is 1.94 bits per heavy atom. The molecule has 0 heterocycles. The molecule has 0 radical (unpaired) electrons. The summed E-state index contributed by atoms with van der Waals surface area (Å²) in [5, 5.41) is 8.81. The van der Waals surface area contributed by atoms with Crippen molar-refractivity contribution in [3.63, 3.8) is 0 Å². The van der Waals surface area contributed by atoms with Crippen LogP contribution in [0, 0.1) is 17.5 Å². The third-order valence-corrected chi connectivity index (χ3v) is 1.74. The van der Waals surface area contributed by atoms with Crippen LogP contribution >= 0.6 is 0 Å². The quantitative estimate of drug-likeness (QED) is 0.621. The first-order chi connectivity index (χ1) is 7.91. The van der Waals surface area contributed by atoms with Gasteiger partial charge in [-0.2, -0.15) is 0 Å².